The molecule has 2 aromatic rings. The van der Waals surface area contributed by atoms with Gasteiger partial charge in [-0.1, -0.05) is 19.8 Å². The van der Waals surface area contributed by atoms with Crippen LogP contribution in [-0.4, -0.2) is 34.6 Å². The van der Waals surface area contributed by atoms with E-state index >= 15 is 0 Å². The monoisotopic (exact) mass is 383 g/mol. The quantitative estimate of drug-likeness (QED) is 0.658. The van der Waals surface area contributed by atoms with Crippen LogP contribution in [-0.2, 0) is 0 Å². The number of hydrogen-bond donors (Lipinski definition) is 1. The fourth-order valence-electron chi connectivity index (χ4n) is 3.36. The van der Waals surface area contributed by atoms with E-state index in [0.29, 0.717) is 11.4 Å². The number of rotatable bonds is 9. The number of benzene rings is 1. The number of nitrogens with zero attached hydrogens (tertiary/aromatic N) is 2. The zero-order valence-corrected chi connectivity index (χ0v) is 16.5. The lowest BCUT2D eigenvalue weighted by Crippen LogP contribution is -2.39. The molecule has 3 rings (SSSR count). The minimum atomic E-state index is -0.0316. The van der Waals surface area contributed by atoms with Gasteiger partial charge in [-0.3, -0.25) is 9.78 Å². The molecule has 1 amide bonds. The van der Waals surface area contributed by atoms with Crippen LogP contribution in [0.15, 0.2) is 42.9 Å². The van der Waals surface area contributed by atoms with Crippen molar-refractivity contribution < 1.29 is 14.3 Å². The van der Waals surface area contributed by atoms with Gasteiger partial charge in [0.15, 0.2) is 0 Å². The summed E-state index contributed by atoms with van der Waals surface area (Å²) < 4.78 is 11.6. The summed E-state index contributed by atoms with van der Waals surface area (Å²) in [6, 6.07) is 7.57. The molecule has 1 N–H and O–H groups in total. The first kappa shape index (κ1) is 20.1. The molecule has 0 spiro atoms. The topological polar surface area (TPSA) is 73.3 Å². The van der Waals surface area contributed by atoms with E-state index in [-0.39, 0.29) is 18.1 Å². The molecule has 1 aromatic carbocycles. The Morgan fingerprint density at radius 3 is 2.57 bits per heavy atom. The van der Waals surface area contributed by atoms with E-state index in [4.69, 9.17) is 9.47 Å². The number of carbonyl (C=O) groups is 1. The van der Waals surface area contributed by atoms with Gasteiger partial charge in [-0.15, -0.1) is 0 Å². The summed E-state index contributed by atoms with van der Waals surface area (Å²) in [5.74, 6) is 1.34. The Bertz CT molecular complexity index is 714. The zero-order valence-electron chi connectivity index (χ0n) is 16.5. The molecule has 1 aliphatic carbocycles. The Morgan fingerprint density at radius 1 is 1.11 bits per heavy atom. The molecular formula is C22H29N3O3. The molecule has 1 aliphatic rings. The third-order valence-corrected chi connectivity index (χ3v) is 4.97. The van der Waals surface area contributed by atoms with Crippen molar-refractivity contribution in [3.05, 3.63) is 48.4 Å². The molecule has 0 bridgehead atoms. The second-order valence-electron chi connectivity index (χ2n) is 7.19. The first-order valence-corrected chi connectivity index (χ1v) is 10.2. The average molecular weight is 383 g/mol. The molecule has 150 valence electrons. The van der Waals surface area contributed by atoms with E-state index in [1.807, 2.05) is 24.3 Å². The number of amides is 1. The fourth-order valence-corrected chi connectivity index (χ4v) is 3.36. The van der Waals surface area contributed by atoms with Gasteiger partial charge in [0.2, 0.25) is 5.88 Å². The van der Waals surface area contributed by atoms with Gasteiger partial charge in [-0.05, 0) is 56.4 Å². The Kier molecular flexibility index (Phi) is 7.64. The van der Waals surface area contributed by atoms with Gasteiger partial charge in [0, 0.05) is 24.0 Å². The summed E-state index contributed by atoms with van der Waals surface area (Å²) in [5.41, 5.74) is 0.666. The lowest BCUT2D eigenvalue weighted by atomic mass is 9.92. The van der Waals surface area contributed by atoms with Crippen molar-refractivity contribution in [2.75, 3.05) is 6.61 Å². The van der Waals surface area contributed by atoms with E-state index in [1.165, 1.54) is 12.8 Å². The van der Waals surface area contributed by atoms with Crippen LogP contribution in [0, 0.1) is 0 Å². The van der Waals surface area contributed by atoms with Crippen molar-refractivity contribution in [2.45, 2.75) is 64.0 Å². The Labute approximate surface area is 166 Å². The second-order valence-corrected chi connectivity index (χ2v) is 7.19. The van der Waals surface area contributed by atoms with Crippen LogP contribution in [0.4, 0.5) is 0 Å². The summed E-state index contributed by atoms with van der Waals surface area (Å²) in [6.45, 7) is 2.89. The largest absolute Gasteiger partial charge is 0.494 e. The first-order valence-electron chi connectivity index (χ1n) is 10.2. The highest BCUT2D eigenvalue weighted by atomic mass is 16.5. The molecule has 1 heterocycles. The van der Waals surface area contributed by atoms with Crippen LogP contribution in [0.5, 0.6) is 11.6 Å². The third-order valence-electron chi connectivity index (χ3n) is 4.97. The van der Waals surface area contributed by atoms with Gasteiger partial charge in [0.1, 0.15) is 11.9 Å². The smallest absolute Gasteiger partial charge is 0.251 e. The predicted octanol–water partition coefficient (Wildman–Crippen LogP) is 4.17. The van der Waals surface area contributed by atoms with Crippen molar-refractivity contribution in [2.24, 2.45) is 0 Å². The van der Waals surface area contributed by atoms with Gasteiger partial charge in [0.05, 0.1) is 12.8 Å². The molecule has 0 unspecified atom stereocenters. The zero-order chi connectivity index (χ0) is 19.6. The lowest BCUT2D eigenvalue weighted by Gasteiger charge is -2.29. The van der Waals surface area contributed by atoms with Crippen molar-refractivity contribution >= 4 is 5.91 Å². The van der Waals surface area contributed by atoms with E-state index < -0.39 is 0 Å². The standard InChI is InChI=1S/C22H29N3O3/c1-2-3-4-15-27-19-9-5-17(6-10-19)22(26)25-18-7-11-20(12-8-18)28-21-16-23-13-14-24-21/h5-6,9-10,13-14,16,18,20H,2-4,7-8,11-12,15H2,1H3,(H,25,26). The van der Waals surface area contributed by atoms with E-state index in [9.17, 15) is 4.79 Å². The van der Waals surface area contributed by atoms with Crippen LogP contribution >= 0.6 is 0 Å². The number of unbranched alkanes of at least 4 members (excludes halogenated alkanes) is 2. The predicted molar refractivity (Wildman–Crippen MR) is 108 cm³/mol. The molecule has 0 atom stereocenters. The van der Waals surface area contributed by atoms with Gasteiger partial charge >= 0.3 is 0 Å². The number of carbonyl (C=O) groups excluding carboxylic acids is 1. The summed E-state index contributed by atoms with van der Waals surface area (Å²) >= 11 is 0. The van der Waals surface area contributed by atoms with Crippen molar-refractivity contribution in [3.8, 4) is 11.6 Å². The van der Waals surface area contributed by atoms with Gasteiger partial charge < -0.3 is 14.8 Å². The van der Waals surface area contributed by atoms with E-state index in [1.54, 1.807) is 18.6 Å². The van der Waals surface area contributed by atoms with Gasteiger partial charge in [-0.25, -0.2) is 4.98 Å². The van der Waals surface area contributed by atoms with Crippen LogP contribution in [0.1, 0.15) is 62.2 Å². The maximum Gasteiger partial charge on any atom is 0.251 e. The number of aromatic nitrogens is 2. The number of hydrogen-bond acceptors (Lipinski definition) is 5. The van der Waals surface area contributed by atoms with E-state index in [2.05, 4.69) is 22.2 Å². The van der Waals surface area contributed by atoms with Crippen molar-refractivity contribution in [3.63, 3.8) is 0 Å². The summed E-state index contributed by atoms with van der Waals surface area (Å²) in [4.78, 5) is 20.7. The van der Waals surface area contributed by atoms with E-state index in [0.717, 1.165) is 44.5 Å². The van der Waals surface area contributed by atoms with Gasteiger partial charge in [0.25, 0.3) is 5.91 Å². The second kappa shape index (κ2) is 10.6. The highest BCUT2D eigenvalue weighted by Crippen LogP contribution is 2.23. The minimum Gasteiger partial charge on any atom is -0.494 e. The Morgan fingerprint density at radius 2 is 1.89 bits per heavy atom. The number of nitrogens with one attached hydrogen (secondary N) is 1. The molecular weight excluding hydrogens is 354 g/mol. The van der Waals surface area contributed by atoms with Crippen molar-refractivity contribution in [1.29, 1.82) is 0 Å². The van der Waals surface area contributed by atoms with Gasteiger partial charge in [-0.2, -0.15) is 0 Å². The SMILES string of the molecule is CCCCCOc1ccc(C(=O)NC2CCC(Oc3cnccn3)CC2)cc1. The molecule has 1 aromatic heterocycles. The maximum absolute atomic E-state index is 12.5. The highest BCUT2D eigenvalue weighted by Gasteiger charge is 2.24. The Balaban J connectivity index is 1.40. The first-order chi connectivity index (χ1) is 13.7. The normalized spacial score (nSPS) is 19.0. The molecule has 0 radical (unpaired) electrons. The summed E-state index contributed by atoms with van der Waals surface area (Å²) in [7, 11) is 0. The molecule has 0 saturated heterocycles. The molecule has 6 heteroatoms. The number of ether oxygens (including phenoxy) is 2. The molecule has 1 fully saturated rings. The van der Waals surface area contributed by atoms with Crippen LogP contribution < -0.4 is 14.8 Å². The highest BCUT2D eigenvalue weighted by molar-refractivity contribution is 5.94. The van der Waals surface area contributed by atoms with Crippen molar-refractivity contribution in [1.82, 2.24) is 15.3 Å². The lowest BCUT2D eigenvalue weighted by molar-refractivity contribution is 0.0890. The van der Waals surface area contributed by atoms with Crippen LogP contribution in [0.2, 0.25) is 0 Å². The summed E-state index contributed by atoms with van der Waals surface area (Å²) in [6.07, 6.45) is 12.0. The summed E-state index contributed by atoms with van der Waals surface area (Å²) in [5, 5.41) is 3.14. The maximum atomic E-state index is 12.5. The molecule has 28 heavy (non-hydrogen) atoms. The van der Waals surface area contributed by atoms with Crippen LogP contribution in [0.3, 0.4) is 0 Å². The Hall–Kier alpha value is -2.63. The minimum absolute atomic E-state index is 0.0316. The molecule has 0 aliphatic heterocycles. The molecule has 1 saturated carbocycles. The fraction of sp³-hybridized carbons (Fsp3) is 0.500. The molecule has 6 nitrogen and oxygen atoms in total. The van der Waals surface area contributed by atoms with Crippen LogP contribution in [0.25, 0.3) is 0 Å². The average Bonchev–Trinajstić information content (AvgIpc) is 2.74. The third kappa shape index (κ3) is 6.22.